The van der Waals surface area contributed by atoms with E-state index in [9.17, 15) is 0 Å². The highest BCUT2D eigenvalue weighted by molar-refractivity contribution is 8.17. The molecular formula is C19H38S2. The van der Waals surface area contributed by atoms with Gasteiger partial charge in [-0.2, -0.15) is 0 Å². The van der Waals surface area contributed by atoms with Gasteiger partial charge in [0.05, 0.1) is 4.58 Å². The zero-order valence-corrected chi connectivity index (χ0v) is 16.2. The lowest BCUT2D eigenvalue weighted by Gasteiger charge is -2.27. The molecule has 2 heteroatoms. The maximum Gasteiger partial charge on any atom is 0.0502 e. The van der Waals surface area contributed by atoms with Gasteiger partial charge in [0.1, 0.15) is 0 Å². The molecule has 0 radical (unpaired) electrons. The minimum Gasteiger partial charge on any atom is -0.147 e. The van der Waals surface area contributed by atoms with Gasteiger partial charge in [0.15, 0.2) is 0 Å². The van der Waals surface area contributed by atoms with Crippen LogP contribution in [0.25, 0.3) is 0 Å². The van der Waals surface area contributed by atoms with E-state index in [0.29, 0.717) is 0 Å². The van der Waals surface area contributed by atoms with Crippen LogP contribution in [0.3, 0.4) is 0 Å². The summed E-state index contributed by atoms with van der Waals surface area (Å²) in [6, 6.07) is 0. The van der Waals surface area contributed by atoms with Crippen molar-refractivity contribution in [1.82, 2.24) is 0 Å². The summed E-state index contributed by atoms with van der Waals surface area (Å²) in [4.78, 5) is 0. The molecule has 1 heterocycles. The number of unbranched alkanes of at least 4 members (excludes halogenated alkanes) is 9. The van der Waals surface area contributed by atoms with Gasteiger partial charge in [-0.15, -0.1) is 23.5 Å². The maximum atomic E-state index is 2.32. The van der Waals surface area contributed by atoms with E-state index >= 15 is 0 Å². The summed E-state index contributed by atoms with van der Waals surface area (Å²) in [7, 11) is 0. The molecule has 0 aromatic rings. The van der Waals surface area contributed by atoms with E-state index in [4.69, 9.17) is 0 Å². The van der Waals surface area contributed by atoms with Gasteiger partial charge in [0.25, 0.3) is 0 Å². The summed E-state index contributed by atoms with van der Waals surface area (Å²) < 4.78 is 0.916. The lowest BCUT2D eigenvalue weighted by molar-refractivity contribution is 0.512. The average Bonchev–Trinajstić information content (AvgIpc) is 2.51. The van der Waals surface area contributed by atoms with Crippen molar-refractivity contribution >= 4 is 23.5 Å². The highest BCUT2D eigenvalue weighted by Crippen LogP contribution is 2.37. The second kappa shape index (κ2) is 14.3. The number of thioether (sulfide) groups is 2. The van der Waals surface area contributed by atoms with E-state index < -0.39 is 0 Å². The number of hydrogen-bond acceptors (Lipinski definition) is 2. The third-order valence-corrected chi connectivity index (χ3v) is 7.89. The Balaban J connectivity index is 1.80. The van der Waals surface area contributed by atoms with Crippen molar-refractivity contribution in [2.45, 2.75) is 102 Å². The lowest BCUT2D eigenvalue weighted by atomic mass is 10.0. The van der Waals surface area contributed by atoms with Crippen LogP contribution in [-0.2, 0) is 0 Å². The van der Waals surface area contributed by atoms with Gasteiger partial charge >= 0.3 is 0 Å². The summed E-state index contributed by atoms with van der Waals surface area (Å²) in [6.45, 7) is 4.62. The largest absolute Gasteiger partial charge is 0.147 e. The molecule has 126 valence electrons. The summed E-state index contributed by atoms with van der Waals surface area (Å²) in [5.74, 6) is 3.90. The molecule has 1 rings (SSSR count). The van der Waals surface area contributed by atoms with E-state index in [1.807, 2.05) is 0 Å². The van der Waals surface area contributed by atoms with Gasteiger partial charge in [0.2, 0.25) is 0 Å². The SMILES string of the molecule is CCCCCCCCCCCCC1CSC(CCC)SC1. The van der Waals surface area contributed by atoms with E-state index in [1.54, 1.807) is 0 Å². The monoisotopic (exact) mass is 330 g/mol. The van der Waals surface area contributed by atoms with Gasteiger partial charge in [-0.1, -0.05) is 84.5 Å². The minimum atomic E-state index is 0.916. The zero-order chi connectivity index (χ0) is 15.2. The molecule has 0 saturated carbocycles. The lowest BCUT2D eigenvalue weighted by Crippen LogP contribution is -2.17. The van der Waals surface area contributed by atoms with E-state index in [0.717, 1.165) is 10.5 Å². The average molecular weight is 331 g/mol. The van der Waals surface area contributed by atoms with Crippen molar-refractivity contribution in [3.8, 4) is 0 Å². The standard InChI is InChI=1S/C19H38S2/c1-3-5-6-7-8-9-10-11-12-13-15-18-16-20-19(14-4-2)21-17-18/h18-19H,3-17H2,1-2H3. The Bertz CT molecular complexity index is 210. The first-order valence-corrected chi connectivity index (χ1v) is 11.7. The van der Waals surface area contributed by atoms with Gasteiger partial charge in [-0.05, 0) is 30.3 Å². The quantitative estimate of drug-likeness (QED) is 0.320. The predicted octanol–water partition coefficient (Wildman–Crippen LogP) is 7.52. The van der Waals surface area contributed by atoms with Crippen LogP contribution in [0.5, 0.6) is 0 Å². The fourth-order valence-electron chi connectivity index (χ4n) is 3.07. The molecule has 1 aliphatic heterocycles. The zero-order valence-electron chi connectivity index (χ0n) is 14.6. The van der Waals surface area contributed by atoms with Crippen LogP contribution in [0.4, 0.5) is 0 Å². The van der Waals surface area contributed by atoms with Crippen LogP contribution in [0.1, 0.15) is 97.3 Å². The molecule has 1 fully saturated rings. The highest BCUT2D eigenvalue weighted by atomic mass is 32.2. The van der Waals surface area contributed by atoms with Crippen molar-refractivity contribution in [1.29, 1.82) is 0 Å². The molecule has 0 aliphatic carbocycles. The minimum absolute atomic E-state index is 0.916. The maximum absolute atomic E-state index is 2.32. The molecule has 0 N–H and O–H groups in total. The third-order valence-electron chi connectivity index (χ3n) is 4.53. The Kier molecular flexibility index (Phi) is 13.4. The van der Waals surface area contributed by atoms with E-state index in [2.05, 4.69) is 37.4 Å². The molecule has 0 atom stereocenters. The van der Waals surface area contributed by atoms with Gasteiger partial charge in [-0.3, -0.25) is 0 Å². The number of rotatable bonds is 13. The summed E-state index contributed by atoms with van der Waals surface area (Å²) >= 11 is 4.48. The Morgan fingerprint density at radius 1 is 0.619 bits per heavy atom. The third kappa shape index (κ3) is 11.0. The molecule has 0 spiro atoms. The van der Waals surface area contributed by atoms with Crippen molar-refractivity contribution in [3.05, 3.63) is 0 Å². The Labute approximate surface area is 143 Å². The second-order valence-electron chi connectivity index (χ2n) is 6.72. The van der Waals surface area contributed by atoms with Crippen molar-refractivity contribution in [3.63, 3.8) is 0 Å². The van der Waals surface area contributed by atoms with Crippen LogP contribution >= 0.6 is 23.5 Å². The van der Waals surface area contributed by atoms with Crippen LogP contribution in [0.2, 0.25) is 0 Å². The second-order valence-corrected chi connectivity index (χ2v) is 9.49. The number of hydrogen-bond donors (Lipinski definition) is 0. The molecule has 0 bridgehead atoms. The van der Waals surface area contributed by atoms with Crippen molar-refractivity contribution in [2.24, 2.45) is 5.92 Å². The van der Waals surface area contributed by atoms with Gasteiger partial charge in [0, 0.05) is 0 Å². The van der Waals surface area contributed by atoms with Crippen LogP contribution < -0.4 is 0 Å². The van der Waals surface area contributed by atoms with Crippen molar-refractivity contribution in [2.75, 3.05) is 11.5 Å². The Morgan fingerprint density at radius 3 is 1.67 bits per heavy atom. The molecular weight excluding hydrogens is 292 g/mol. The summed E-state index contributed by atoms with van der Waals surface area (Å²) in [5.41, 5.74) is 0. The highest BCUT2D eigenvalue weighted by Gasteiger charge is 2.20. The first-order chi connectivity index (χ1) is 10.4. The molecule has 21 heavy (non-hydrogen) atoms. The molecule has 0 aromatic heterocycles. The normalized spacial score (nSPS) is 22.6. The van der Waals surface area contributed by atoms with Crippen LogP contribution in [0, 0.1) is 5.92 Å². The fourth-order valence-corrected chi connectivity index (χ4v) is 6.43. The van der Waals surface area contributed by atoms with E-state index in [1.165, 1.54) is 95.0 Å². The van der Waals surface area contributed by atoms with Crippen LogP contribution in [0.15, 0.2) is 0 Å². The molecule has 1 saturated heterocycles. The van der Waals surface area contributed by atoms with Gasteiger partial charge in [-0.25, -0.2) is 0 Å². The molecule has 0 nitrogen and oxygen atoms in total. The molecule has 0 amide bonds. The summed E-state index contributed by atoms with van der Waals surface area (Å²) in [5, 5.41) is 0. The van der Waals surface area contributed by atoms with Crippen molar-refractivity contribution < 1.29 is 0 Å². The first kappa shape index (κ1) is 19.7. The first-order valence-electron chi connectivity index (χ1n) is 9.60. The summed E-state index contributed by atoms with van der Waals surface area (Å²) in [6.07, 6.45) is 18.9. The molecule has 0 unspecified atom stereocenters. The van der Waals surface area contributed by atoms with E-state index in [-0.39, 0.29) is 0 Å². The van der Waals surface area contributed by atoms with Gasteiger partial charge < -0.3 is 0 Å². The topological polar surface area (TPSA) is 0 Å². The fraction of sp³-hybridized carbons (Fsp3) is 1.00. The molecule has 1 aliphatic rings. The smallest absolute Gasteiger partial charge is 0.0502 e. The predicted molar refractivity (Wildman–Crippen MR) is 104 cm³/mol. The van der Waals surface area contributed by atoms with Crippen LogP contribution in [-0.4, -0.2) is 16.1 Å². The Hall–Kier alpha value is 0.700. The molecule has 0 aromatic carbocycles. The Morgan fingerprint density at radius 2 is 1.14 bits per heavy atom.